The van der Waals surface area contributed by atoms with Crippen molar-refractivity contribution < 1.29 is 14.3 Å². The van der Waals surface area contributed by atoms with Crippen molar-refractivity contribution in [3.05, 3.63) is 24.3 Å². The van der Waals surface area contributed by atoms with Crippen molar-refractivity contribution in [3.63, 3.8) is 0 Å². The molecule has 0 saturated carbocycles. The van der Waals surface area contributed by atoms with Crippen LogP contribution in [0.5, 0.6) is 0 Å². The number of carbonyl (C=O) groups is 2. The predicted molar refractivity (Wildman–Crippen MR) is 79.0 cm³/mol. The van der Waals surface area contributed by atoms with Crippen LogP contribution in [-0.2, 0) is 14.3 Å². The molecule has 1 atom stereocenters. The van der Waals surface area contributed by atoms with E-state index in [1.807, 2.05) is 12.1 Å². The first-order valence-electron chi connectivity index (χ1n) is 7.17. The Morgan fingerprint density at radius 3 is 2.67 bits per heavy atom. The molecule has 3 rings (SSSR count). The lowest BCUT2D eigenvalue weighted by molar-refractivity contribution is -0.121. The first-order valence-corrected chi connectivity index (χ1v) is 7.17. The molecule has 0 aromatic heterocycles. The Morgan fingerprint density at radius 2 is 2.10 bits per heavy atom. The van der Waals surface area contributed by atoms with Crippen LogP contribution >= 0.6 is 0 Å². The van der Waals surface area contributed by atoms with Crippen molar-refractivity contribution in [2.45, 2.75) is 24.8 Å². The molecule has 6 nitrogen and oxygen atoms in total. The number of benzene rings is 1. The Hall–Kier alpha value is -1.92. The van der Waals surface area contributed by atoms with Gasteiger partial charge in [0.25, 0.3) is 0 Å². The molecule has 2 heterocycles. The zero-order valence-electron chi connectivity index (χ0n) is 11.8. The zero-order valence-corrected chi connectivity index (χ0v) is 11.8. The summed E-state index contributed by atoms with van der Waals surface area (Å²) in [6.45, 7) is 1.52. The Kier molecular flexibility index (Phi) is 3.65. The summed E-state index contributed by atoms with van der Waals surface area (Å²) < 4.78 is 5.19. The molecule has 0 bridgehead atoms. The average Bonchev–Trinajstić information content (AvgIpc) is 3.09. The number of ether oxygens (including phenoxy) is 1. The van der Waals surface area contributed by atoms with Gasteiger partial charge in [0.15, 0.2) is 0 Å². The van der Waals surface area contributed by atoms with Gasteiger partial charge in [0.2, 0.25) is 11.8 Å². The molecule has 1 aromatic rings. The highest BCUT2D eigenvalue weighted by molar-refractivity contribution is 5.99. The van der Waals surface area contributed by atoms with Crippen molar-refractivity contribution >= 4 is 23.2 Å². The van der Waals surface area contributed by atoms with Crippen LogP contribution in [0.3, 0.4) is 0 Å². The average molecular weight is 289 g/mol. The monoisotopic (exact) mass is 289 g/mol. The molecule has 0 radical (unpaired) electrons. The molecule has 3 N–H and O–H groups in total. The fourth-order valence-electron chi connectivity index (χ4n) is 2.66. The van der Waals surface area contributed by atoms with Gasteiger partial charge in [-0.2, -0.15) is 0 Å². The minimum Gasteiger partial charge on any atom is -0.379 e. The second kappa shape index (κ2) is 5.46. The molecule has 2 aliphatic rings. The molecular weight excluding hydrogens is 270 g/mol. The van der Waals surface area contributed by atoms with Crippen LogP contribution in [0.15, 0.2) is 24.3 Å². The van der Waals surface area contributed by atoms with Crippen LogP contribution in [0.1, 0.15) is 19.3 Å². The summed E-state index contributed by atoms with van der Waals surface area (Å²) in [5.74, 6) is -0.0826. The number of carbonyl (C=O) groups excluding carboxylic acids is 2. The van der Waals surface area contributed by atoms with E-state index in [1.54, 1.807) is 17.0 Å². The Morgan fingerprint density at radius 1 is 1.33 bits per heavy atom. The lowest BCUT2D eigenvalue weighted by Crippen LogP contribution is -2.51. The van der Waals surface area contributed by atoms with Gasteiger partial charge in [-0.05, 0) is 37.1 Å². The fourth-order valence-corrected chi connectivity index (χ4v) is 2.66. The molecule has 1 unspecified atom stereocenters. The maximum absolute atomic E-state index is 12.1. The predicted octanol–water partition coefficient (Wildman–Crippen LogP) is 0.870. The molecule has 112 valence electrons. The number of rotatable bonds is 3. The van der Waals surface area contributed by atoms with E-state index in [-0.39, 0.29) is 18.4 Å². The quantitative estimate of drug-likeness (QED) is 0.864. The largest absolute Gasteiger partial charge is 0.379 e. The summed E-state index contributed by atoms with van der Waals surface area (Å²) in [4.78, 5) is 25.6. The molecule has 2 amide bonds. The van der Waals surface area contributed by atoms with E-state index in [2.05, 4.69) is 5.32 Å². The maximum atomic E-state index is 12.1. The van der Waals surface area contributed by atoms with Gasteiger partial charge in [-0.25, -0.2) is 0 Å². The molecule has 2 fully saturated rings. The standard InChI is InChI=1S/C15H19N3O3/c16-15(7-9-21-10-15)14(20)17-11-3-5-12(6-4-11)18-8-1-2-13(18)19/h3-6H,1-2,7-10,16H2,(H,17,20). The summed E-state index contributed by atoms with van der Waals surface area (Å²) in [5.41, 5.74) is 6.60. The Balaban J connectivity index is 1.67. The highest BCUT2D eigenvalue weighted by Gasteiger charge is 2.38. The second-order valence-electron chi connectivity index (χ2n) is 5.61. The molecule has 0 spiro atoms. The summed E-state index contributed by atoms with van der Waals surface area (Å²) in [6.07, 6.45) is 2.03. The minimum atomic E-state index is -0.941. The smallest absolute Gasteiger partial charge is 0.246 e. The summed E-state index contributed by atoms with van der Waals surface area (Å²) in [6, 6.07) is 7.26. The van der Waals surface area contributed by atoms with Crippen molar-refractivity contribution in [2.24, 2.45) is 5.73 Å². The van der Waals surface area contributed by atoms with Gasteiger partial charge in [0, 0.05) is 30.9 Å². The topological polar surface area (TPSA) is 84.7 Å². The van der Waals surface area contributed by atoms with E-state index in [9.17, 15) is 9.59 Å². The second-order valence-corrected chi connectivity index (χ2v) is 5.61. The number of nitrogens with one attached hydrogen (secondary N) is 1. The van der Waals surface area contributed by atoms with Crippen molar-refractivity contribution in [1.82, 2.24) is 0 Å². The summed E-state index contributed by atoms with van der Waals surface area (Å²) in [7, 11) is 0. The Bertz CT molecular complexity index is 550. The van der Waals surface area contributed by atoms with Gasteiger partial charge >= 0.3 is 0 Å². The van der Waals surface area contributed by atoms with Crippen molar-refractivity contribution in [3.8, 4) is 0 Å². The number of nitrogens with zero attached hydrogens (tertiary/aromatic N) is 1. The summed E-state index contributed by atoms with van der Waals surface area (Å²) >= 11 is 0. The molecule has 2 aliphatic heterocycles. The zero-order chi connectivity index (χ0) is 14.9. The van der Waals surface area contributed by atoms with Crippen molar-refractivity contribution in [2.75, 3.05) is 30.0 Å². The Labute approximate surface area is 123 Å². The number of nitrogens with two attached hydrogens (primary N) is 1. The first-order chi connectivity index (χ1) is 10.1. The highest BCUT2D eigenvalue weighted by atomic mass is 16.5. The normalized spacial score (nSPS) is 25.4. The van der Waals surface area contributed by atoms with E-state index in [1.165, 1.54) is 0 Å². The minimum absolute atomic E-state index is 0.149. The van der Waals surface area contributed by atoms with Gasteiger partial charge in [-0.1, -0.05) is 0 Å². The maximum Gasteiger partial charge on any atom is 0.246 e. The first kappa shape index (κ1) is 14.0. The van der Waals surface area contributed by atoms with Crippen LogP contribution in [0.4, 0.5) is 11.4 Å². The van der Waals surface area contributed by atoms with Gasteiger partial charge in [-0.15, -0.1) is 0 Å². The molecule has 0 aliphatic carbocycles. The lowest BCUT2D eigenvalue weighted by Gasteiger charge is -2.21. The SMILES string of the molecule is NC1(C(=O)Nc2ccc(N3CCCC3=O)cc2)CCOC1. The van der Waals surface area contributed by atoms with Crippen LogP contribution in [0, 0.1) is 0 Å². The van der Waals surface area contributed by atoms with E-state index in [4.69, 9.17) is 10.5 Å². The van der Waals surface area contributed by atoms with Gasteiger partial charge in [0.05, 0.1) is 6.61 Å². The number of hydrogen-bond acceptors (Lipinski definition) is 4. The molecule has 6 heteroatoms. The lowest BCUT2D eigenvalue weighted by atomic mass is 9.99. The fraction of sp³-hybridized carbons (Fsp3) is 0.467. The third-order valence-corrected chi connectivity index (χ3v) is 4.01. The third kappa shape index (κ3) is 2.77. The molecular formula is C15H19N3O3. The summed E-state index contributed by atoms with van der Waals surface area (Å²) in [5, 5.41) is 2.81. The number of hydrogen-bond donors (Lipinski definition) is 2. The highest BCUT2D eigenvalue weighted by Crippen LogP contribution is 2.24. The van der Waals surface area contributed by atoms with Gasteiger partial charge < -0.3 is 20.7 Å². The van der Waals surface area contributed by atoms with Crippen LogP contribution in [0.2, 0.25) is 0 Å². The van der Waals surface area contributed by atoms with Crippen LogP contribution in [-0.4, -0.2) is 37.1 Å². The molecule has 2 saturated heterocycles. The van der Waals surface area contributed by atoms with Crippen LogP contribution in [0.25, 0.3) is 0 Å². The van der Waals surface area contributed by atoms with E-state index >= 15 is 0 Å². The molecule has 21 heavy (non-hydrogen) atoms. The van der Waals surface area contributed by atoms with Gasteiger partial charge in [-0.3, -0.25) is 9.59 Å². The third-order valence-electron chi connectivity index (χ3n) is 4.01. The van der Waals surface area contributed by atoms with E-state index in [0.717, 1.165) is 18.7 Å². The molecule has 1 aromatic carbocycles. The van der Waals surface area contributed by atoms with E-state index < -0.39 is 5.54 Å². The van der Waals surface area contributed by atoms with Gasteiger partial charge in [0.1, 0.15) is 5.54 Å². The van der Waals surface area contributed by atoms with Crippen LogP contribution < -0.4 is 16.0 Å². The van der Waals surface area contributed by atoms with Crippen molar-refractivity contribution in [1.29, 1.82) is 0 Å². The number of amides is 2. The van der Waals surface area contributed by atoms with E-state index in [0.29, 0.717) is 25.1 Å². The number of anilines is 2.